The van der Waals surface area contributed by atoms with Crippen LogP contribution < -0.4 is 14.5 Å². The van der Waals surface area contributed by atoms with Crippen LogP contribution in [0.1, 0.15) is 42.0 Å². The number of hydrogen-bond donors (Lipinski definition) is 1. The second-order valence-electron chi connectivity index (χ2n) is 16.5. The summed E-state index contributed by atoms with van der Waals surface area (Å²) in [5, 5.41) is 16.4. The molecule has 10 nitrogen and oxygen atoms in total. The van der Waals surface area contributed by atoms with Gasteiger partial charge in [-0.3, -0.25) is 23.9 Å². The number of allylic oxidation sites excluding steroid dienone is 3. The predicted molar refractivity (Wildman–Crippen MR) is 222 cm³/mol. The first-order valence-corrected chi connectivity index (χ1v) is 20.9. The van der Waals surface area contributed by atoms with Crippen LogP contribution in [0.3, 0.4) is 0 Å². The topological polar surface area (TPSA) is 122 Å². The molecule has 6 atom stereocenters. The highest BCUT2D eigenvalue weighted by molar-refractivity contribution is 7.22. The van der Waals surface area contributed by atoms with Crippen molar-refractivity contribution >= 4 is 74.2 Å². The second-order valence-corrected chi connectivity index (χ2v) is 18.0. The number of aryl methyl sites for hydroxylation is 2. The fourth-order valence-electron chi connectivity index (χ4n) is 9.98. The summed E-state index contributed by atoms with van der Waals surface area (Å²) >= 11 is 7.75. The molecular formula is C45H35ClF6N4O6S. The number of amides is 4. The van der Waals surface area contributed by atoms with Gasteiger partial charge in [0.15, 0.2) is 11.5 Å². The molecule has 0 unspecified atom stereocenters. The zero-order valence-corrected chi connectivity index (χ0v) is 35.2. The minimum absolute atomic E-state index is 0.0802. The summed E-state index contributed by atoms with van der Waals surface area (Å²) < 4.78 is 91.3. The molecule has 0 radical (unpaired) electrons. The van der Waals surface area contributed by atoms with E-state index in [9.17, 15) is 45.8 Å². The Morgan fingerprint density at radius 1 is 0.905 bits per heavy atom. The van der Waals surface area contributed by atoms with Gasteiger partial charge in [-0.2, -0.15) is 31.4 Å². The first-order valence-electron chi connectivity index (χ1n) is 19.7. The molecule has 2 saturated heterocycles. The number of halogens is 7. The number of fused-ring (bicyclic) bond motifs is 5. The van der Waals surface area contributed by atoms with Crippen LogP contribution in [-0.4, -0.2) is 45.6 Å². The second kappa shape index (κ2) is 14.6. The van der Waals surface area contributed by atoms with Crippen molar-refractivity contribution in [3.63, 3.8) is 0 Å². The number of carbonyl (C=O) groups is 4. The molecule has 5 aromatic rings. The third-order valence-electron chi connectivity index (χ3n) is 13.1. The average molecular weight is 909 g/mol. The number of aromatic hydroxyl groups is 1. The Labute approximate surface area is 364 Å². The van der Waals surface area contributed by atoms with Crippen LogP contribution in [0, 0.1) is 41.9 Å². The number of ether oxygens (including phenoxy) is 1. The maximum Gasteiger partial charge on any atom is 0.416 e. The van der Waals surface area contributed by atoms with Crippen LogP contribution >= 0.6 is 22.9 Å². The first kappa shape index (κ1) is 42.4. The Balaban J connectivity index is 1.14. The number of thiophene rings is 1. The maximum absolute atomic E-state index is 15.1. The van der Waals surface area contributed by atoms with Crippen LogP contribution in [0.2, 0.25) is 5.02 Å². The Morgan fingerprint density at radius 3 is 2.27 bits per heavy atom. The average Bonchev–Trinajstić information content (AvgIpc) is 3.90. The highest BCUT2D eigenvalue weighted by Crippen LogP contribution is 2.61. The predicted octanol–water partition coefficient (Wildman–Crippen LogP) is 10.00. The van der Waals surface area contributed by atoms with Gasteiger partial charge >= 0.3 is 12.4 Å². The van der Waals surface area contributed by atoms with Crippen LogP contribution in [0.15, 0.2) is 78.4 Å². The van der Waals surface area contributed by atoms with Crippen LogP contribution in [0.25, 0.3) is 26.7 Å². The Morgan fingerprint density at radius 2 is 1.60 bits per heavy atom. The first-order chi connectivity index (χ1) is 29.6. The number of imide groups is 2. The Hall–Kier alpha value is -5.94. The number of nitrogens with zero attached hydrogens (tertiary/aromatic N) is 4. The molecule has 9 rings (SSSR count). The molecule has 4 amide bonds. The summed E-state index contributed by atoms with van der Waals surface area (Å²) in [5.41, 5.74) is -3.29. The van der Waals surface area contributed by atoms with Gasteiger partial charge in [-0.15, -0.1) is 11.3 Å². The number of aromatic nitrogens is 2. The van der Waals surface area contributed by atoms with Crippen molar-refractivity contribution in [2.45, 2.75) is 39.0 Å². The van der Waals surface area contributed by atoms with E-state index in [1.54, 1.807) is 56.5 Å². The molecule has 326 valence electrons. The molecule has 4 heterocycles. The van der Waals surface area contributed by atoms with Crippen LogP contribution in [0.5, 0.6) is 11.5 Å². The molecule has 0 bridgehead atoms. The number of benzene rings is 3. The largest absolute Gasteiger partial charge is 0.504 e. The fourth-order valence-corrected chi connectivity index (χ4v) is 11.3. The Bertz CT molecular complexity index is 2850. The highest BCUT2D eigenvalue weighted by atomic mass is 35.5. The molecule has 2 aliphatic carbocycles. The van der Waals surface area contributed by atoms with Crippen molar-refractivity contribution in [1.29, 1.82) is 0 Å². The van der Waals surface area contributed by atoms with E-state index in [0.717, 1.165) is 25.4 Å². The van der Waals surface area contributed by atoms with Crippen LogP contribution in [-0.2, 0) is 38.6 Å². The normalized spacial score (nSPS) is 25.0. The van der Waals surface area contributed by atoms with E-state index in [0.29, 0.717) is 38.9 Å². The summed E-state index contributed by atoms with van der Waals surface area (Å²) in [6.07, 6.45) is -5.66. The van der Waals surface area contributed by atoms with Gasteiger partial charge in [-0.05, 0) is 97.7 Å². The van der Waals surface area contributed by atoms with E-state index >= 15 is 4.79 Å². The molecule has 1 N–H and O–H groups in total. The monoisotopic (exact) mass is 908 g/mol. The van der Waals surface area contributed by atoms with Gasteiger partial charge < -0.3 is 9.84 Å². The standard InChI is InChI=1S/C45H35ClF6N4O6S/c1-20-28-17-24(46)7-12-35(28)63-38(20)32-19-36(54(3)53-32)56-40(59)31-18-29-26(30(43(31,2)42(56)61)10-5-21-6-11-33(57)34(13-21)62-4)8-9-27-37(29)41(60)55(39(27)58)25-15-22(44(47,48)49)14-23(16-25)45(50,51)52/h5-8,10-17,19,27,29-31,37,57H,9,18H2,1-4H3/t27-,29+,30-,31-,37-,43-/m0/s1. The molecule has 2 aliphatic heterocycles. The van der Waals surface area contributed by atoms with Crippen LogP contribution in [0.4, 0.5) is 37.8 Å². The lowest BCUT2D eigenvalue weighted by Crippen LogP contribution is -2.49. The van der Waals surface area contributed by atoms with Gasteiger partial charge in [-0.1, -0.05) is 41.5 Å². The maximum atomic E-state index is 15.1. The third-order valence-corrected chi connectivity index (χ3v) is 14.6. The Kier molecular flexibility index (Phi) is 9.79. The third kappa shape index (κ3) is 6.56. The summed E-state index contributed by atoms with van der Waals surface area (Å²) in [4.78, 5) is 60.8. The number of phenolic OH excluding ortho intramolecular Hbond substituents is 1. The lowest BCUT2D eigenvalue weighted by Gasteiger charge is -2.47. The summed E-state index contributed by atoms with van der Waals surface area (Å²) in [6, 6.07) is 12.3. The molecule has 3 fully saturated rings. The number of hydrogen-bond acceptors (Lipinski definition) is 8. The number of methoxy groups -OCH3 is 1. The zero-order valence-electron chi connectivity index (χ0n) is 33.6. The van der Waals surface area contributed by atoms with E-state index in [1.807, 2.05) is 19.1 Å². The summed E-state index contributed by atoms with van der Waals surface area (Å²) in [7, 11) is 2.97. The number of carbonyl (C=O) groups excluding carboxylic acids is 4. The lowest BCUT2D eigenvalue weighted by molar-refractivity contribution is -0.143. The van der Waals surface area contributed by atoms with Crippen molar-refractivity contribution in [1.82, 2.24) is 9.78 Å². The van der Waals surface area contributed by atoms with E-state index in [4.69, 9.17) is 21.4 Å². The van der Waals surface area contributed by atoms with E-state index in [1.165, 1.54) is 29.2 Å². The van der Waals surface area contributed by atoms with Crippen molar-refractivity contribution in [3.8, 4) is 22.1 Å². The molecule has 63 heavy (non-hydrogen) atoms. The van der Waals surface area contributed by atoms with E-state index in [-0.39, 0.29) is 36.2 Å². The number of alkyl halides is 6. The SMILES string of the molecule is COc1cc(C=C[C@H]2C3=CC[C@@H]4C(=O)N(c5cc(C(F)(F)F)cc(C(F)(F)F)c5)C(=O)[C@@H]4[C@@H]3C[C@H]3C(=O)N(c4cc(-c5sc6ccc(Cl)cc6c5C)nn4C)C(=O)[C@@]23C)ccc1O. The number of anilines is 2. The van der Waals surface area contributed by atoms with Gasteiger partial charge in [0.2, 0.25) is 23.6 Å². The van der Waals surface area contributed by atoms with Gasteiger partial charge in [0.25, 0.3) is 0 Å². The number of rotatable bonds is 6. The minimum atomic E-state index is -5.24. The van der Waals surface area contributed by atoms with Crippen molar-refractivity contribution in [2.24, 2.45) is 42.1 Å². The molecule has 2 aromatic heterocycles. The quantitative estimate of drug-likeness (QED) is 0.102. The van der Waals surface area contributed by atoms with E-state index in [2.05, 4.69) is 0 Å². The van der Waals surface area contributed by atoms with Crippen molar-refractivity contribution < 1.29 is 55.4 Å². The zero-order chi connectivity index (χ0) is 45.2. The highest BCUT2D eigenvalue weighted by Gasteiger charge is 2.67. The molecule has 0 spiro atoms. The smallest absolute Gasteiger partial charge is 0.416 e. The lowest BCUT2D eigenvalue weighted by atomic mass is 9.52. The fraction of sp³-hybridized carbons (Fsp3) is 0.311. The molecule has 18 heteroatoms. The molecule has 4 aliphatic rings. The molecule has 3 aromatic carbocycles. The van der Waals surface area contributed by atoms with Gasteiger partial charge in [-0.25, -0.2) is 9.80 Å². The minimum Gasteiger partial charge on any atom is -0.504 e. The van der Waals surface area contributed by atoms with Crippen molar-refractivity contribution in [2.75, 3.05) is 16.9 Å². The molecule has 1 saturated carbocycles. The molecular weight excluding hydrogens is 874 g/mol. The van der Waals surface area contributed by atoms with Gasteiger partial charge in [0, 0.05) is 28.8 Å². The van der Waals surface area contributed by atoms with Crippen molar-refractivity contribution in [3.05, 3.63) is 106 Å². The number of phenols is 1. The van der Waals surface area contributed by atoms with Gasteiger partial charge in [0.05, 0.1) is 52.0 Å². The summed E-state index contributed by atoms with van der Waals surface area (Å²) in [6.45, 7) is 3.57. The van der Waals surface area contributed by atoms with E-state index < -0.39 is 87.8 Å². The summed E-state index contributed by atoms with van der Waals surface area (Å²) in [5.74, 6) is -8.34. The van der Waals surface area contributed by atoms with Gasteiger partial charge in [0.1, 0.15) is 11.5 Å².